The number of aromatic nitrogens is 3. The zero-order valence-corrected chi connectivity index (χ0v) is 14.0. The summed E-state index contributed by atoms with van der Waals surface area (Å²) < 4.78 is 16.1. The lowest BCUT2D eigenvalue weighted by molar-refractivity contribution is -0.385. The molecule has 1 aliphatic rings. The average molecular weight is 372 g/mol. The van der Waals surface area contributed by atoms with Crippen molar-refractivity contribution in [2.75, 3.05) is 0 Å². The maximum Gasteiger partial charge on any atom is 0.280 e. The highest BCUT2D eigenvalue weighted by Crippen LogP contribution is 2.33. The molecule has 1 aliphatic heterocycles. The normalized spacial score (nSPS) is 12.8. The zero-order valence-electron chi connectivity index (χ0n) is 13.3. The predicted octanol–water partition coefficient (Wildman–Crippen LogP) is 3.40. The summed E-state index contributed by atoms with van der Waals surface area (Å²) in [6.07, 6.45) is 0. The smallest absolute Gasteiger partial charge is 0.279 e. The Balaban J connectivity index is 2.08. The summed E-state index contributed by atoms with van der Waals surface area (Å²) >= 11 is 5.95. The van der Waals surface area contributed by atoms with Crippen LogP contribution in [0.4, 0.5) is 10.1 Å². The number of alkyl halides is 1. The van der Waals surface area contributed by atoms with Crippen molar-refractivity contribution >= 4 is 23.0 Å². The Hall–Kier alpha value is -3.13. The van der Waals surface area contributed by atoms with Crippen LogP contribution in [0.15, 0.2) is 47.5 Å². The van der Waals surface area contributed by atoms with Gasteiger partial charge < -0.3 is 0 Å². The van der Waals surface area contributed by atoms with Crippen LogP contribution in [0, 0.1) is 15.9 Å². The van der Waals surface area contributed by atoms with E-state index in [4.69, 9.17) is 11.6 Å². The second-order valence-electron chi connectivity index (χ2n) is 5.57. The lowest BCUT2D eigenvalue weighted by atomic mass is 9.98. The Morgan fingerprint density at radius 2 is 2.00 bits per heavy atom. The van der Waals surface area contributed by atoms with Gasteiger partial charge in [-0.1, -0.05) is 18.2 Å². The summed E-state index contributed by atoms with van der Waals surface area (Å²) in [5, 5.41) is 19.7. The highest BCUT2D eigenvalue weighted by Gasteiger charge is 2.30. The van der Waals surface area contributed by atoms with Gasteiger partial charge in [0.1, 0.15) is 17.9 Å². The molecule has 0 saturated carbocycles. The molecule has 0 aliphatic carbocycles. The van der Waals surface area contributed by atoms with E-state index in [0.717, 1.165) is 0 Å². The van der Waals surface area contributed by atoms with Crippen LogP contribution in [-0.4, -0.2) is 25.4 Å². The summed E-state index contributed by atoms with van der Waals surface area (Å²) in [7, 11) is 0. The van der Waals surface area contributed by atoms with E-state index < -0.39 is 10.7 Å². The molecule has 26 heavy (non-hydrogen) atoms. The minimum absolute atomic E-state index is 0.0736. The molecule has 0 atom stereocenters. The van der Waals surface area contributed by atoms with Gasteiger partial charge >= 0.3 is 0 Å². The van der Waals surface area contributed by atoms with E-state index in [1.54, 1.807) is 34.9 Å². The van der Waals surface area contributed by atoms with E-state index in [1.807, 2.05) is 0 Å². The Bertz CT molecular complexity index is 1060. The number of nitrogens with zero attached hydrogens (tertiary/aromatic N) is 5. The molecule has 7 nitrogen and oxygen atoms in total. The van der Waals surface area contributed by atoms with Crippen molar-refractivity contribution in [1.82, 2.24) is 14.8 Å². The average Bonchev–Trinajstić information content (AvgIpc) is 2.98. The number of rotatable bonds is 3. The van der Waals surface area contributed by atoms with Crippen LogP contribution in [0.3, 0.4) is 0 Å². The molecular weight excluding hydrogens is 361 g/mol. The van der Waals surface area contributed by atoms with Gasteiger partial charge in [0.15, 0.2) is 11.6 Å². The maximum absolute atomic E-state index is 14.4. The fourth-order valence-electron chi connectivity index (χ4n) is 3.03. The summed E-state index contributed by atoms with van der Waals surface area (Å²) in [6, 6.07) is 10.7. The summed E-state index contributed by atoms with van der Waals surface area (Å²) in [4.78, 5) is 15.6. The van der Waals surface area contributed by atoms with Crippen molar-refractivity contribution < 1.29 is 9.31 Å². The monoisotopic (exact) mass is 371 g/mol. The van der Waals surface area contributed by atoms with Gasteiger partial charge in [0.2, 0.25) is 0 Å². The van der Waals surface area contributed by atoms with Crippen LogP contribution in [0.2, 0.25) is 0 Å². The molecule has 130 valence electrons. The van der Waals surface area contributed by atoms with Crippen molar-refractivity contribution in [3.8, 4) is 5.69 Å². The highest BCUT2D eigenvalue weighted by atomic mass is 35.5. The quantitative estimate of drug-likeness (QED) is 0.401. The molecular formula is C17H11ClFN5O2. The fourth-order valence-corrected chi connectivity index (χ4v) is 3.21. The number of aliphatic imine (C=N–C) groups is 1. The zero-order chi connectivity index (χ0) is 18.3. The Morgan fingerprint density at radius 3 is 2.73 bits per heavy atom. The molecule has 0 spiro atoms. The topological polar surface area (TPSA) is 86.2 Å². The number of nitro groups is 1. The van der Waals surface area contributed by atoms with Gasteiger partial charge in [-0.15, -0.1) is 21.8 Å². The van der Waals surface area contributed by atoms with Gasteiger partial charge in [0, 0.05) is 11.6 Å². The van der Waals surface area contributed by atoms with Crippen LogP contribution >= 0.6 is 11.6 Å². The molecule has 4 rings (SSSR count). The molecule has 3 aromatic rings. The molecule has 0 radical (unpaired) electrons. The first-order valence-electron chi connectivity index (χ1n) is 7.68. The first-order valence-corrected chi connectivity index (χ1v) is 8.22. The predicted molar refractivity (Wildman–Crippen MR) is 93.3 cm³/mol. The van der Waals surface area contributed by atoms with Crippen molar-refractivity contribution in [3.63, 3.8) is 0 Å². The van der Waals surface area contributed by atoms with Gasteiger partial charge in [-0.05, 0) is 18.2 Å². The summed E-state index contributed by atoms with van der Waals surface area (Å²) in [6.45, 7) is 0.0966. The molecule has 2 heterocycles. The molecule has 0 fully saturated rings. The number of benzene rings is 2. The molecule has 0 N–H and O–H groups in total. The van der Waals surface area contributed by atoms with Crippen molar-refractivity contribution in [2.45, 2.75) is 12.4 Å². The Kier molecular flexibility index (Phi) is 3.96. The number of fused-ring (bicyclic) bond motifs is 3. The molecule has 0 bridgehead atoms. The lowest BCUT2D eigenvalue weighted by Crippen LogP contribution is -2.13. The van der Waals surface area contributed by atoms with E-state index in [-0.39, 0.29) is 35.0 Å². The van der Waals surface area contributed by atoms with Crippen LogP contribution in [0.1, 0.15) is 22.8 Å². The van der Waals surface area contributed by atoms with Gasteiger partial charge in [0.25, 0.3) is 5.69 Å². The lowest BCUT2D eigenvalue weighted by Gasteiger charge is -2.13. The molecule has 9 heteroatoms. The van der Waals surface area contributed by atoms with Crippen LogP contribution < -0.4 is 0 Å². The number of hydrogen-bond acceptors (Lipinski definition) is 5. The van der Waals surface area contributed by atoms with Crippen molar-refractivity contribution in [3.05, 3.63) is 81.2 Å². The summed E-state index contributed by atoms with van der Waals surface area (Å²) in [5.41, 5.74) is 0.888. The van der Waals surface area contributed by atoms with E-state index in [1.165, 1.54) is 12.1 Å². The van der Waals surface area contributed by atoms with E-state index >= 15 is 0 Å². The van der Waals surface area contributed by atoms with Gasteiger partial charge in [0.05, 0.1) is 22.2 Å². The fraction of sp³-hybridized carbons (Fsp3) is 0.118. The van der Waals surface area contributed by atoms with Crippen LogP contribution in [0.25, 0.3) is 5.69 Å². The third kappa shape index (κ3) is 2.46. The van der Waals surface area contributed by atoms with Crippen molar-refractivity contribution in [1.29, 1.82) is 0 Å². The molecule has 0 saturated heterocycles. The standard InChI is InChI=1S/C17H11ClFN5O2/c18-8-14-21-22-15-9-20-17(10-4-1-2-5-11(10)19)16-12(23(14)15)6-3-7-13(16)24(25)26/h1-7H,8-9H2. The molecule has 0 unspecified atom stereocenters. The Morgan fingerprint density at radius 1 is 1.19 bits per heavy atom. The molecule has 1 aromatic heterocycles. The van der Waals surface area contributed by atoms with E-state index in [2.05, 4.69) is 15.2 Å². The highest BCUT2D eigenvalue weighted by molar-refractivity contribution is 6.18. The minimum atomic E-state index is -0.509. The van der Waals surface area contributed by atoms with Gasteiger partial charge in [-0.2, -0.15) is 0 Å². The van der Waals surface area contributed by atoms with Crippen LogP contribution in [-0.2, 0) is 12.4 Å². The third-order valence-corrected chi connectivity index (χ3v) is 4.36. The van der Waals surface area contributed by atoms with Gasteiger partial charge in [-0.25, -0.2) is 4.39 Å². The Labute approximate surface area is 151 Å². The number of halogens is 2. The van der Waals surface area contributed by atoms with Gasteiger partial charge in [-0.3, -0.25) is 19.7 Å². The van der Waals surface area contributed by atoms with Crippen LogP contribution in [0.5, 0.6) is 0 Å². The maximum atomic E-state index is 14.4. The molecule has 2 aromatic carbocycles. The second kappa shape index (κ2) is 6.30. The van der Waals surface area contributed by atoms with Crippen molar-refractivity contribution in [2.24, 2.45) is 4.99 Å². The minimum Gasteiger partial charge on any atom is -0.279 e. The third-order valence-electron chi connectivity index (χ3n) is 4.12. The SMILES string of the molecule is O=[N+]([O-])c1cccc2c1C(c1ccccc1F)=NCc1nnc(CCl)n1-2. The number of hydrogen-bond donors (Lipinski definition) is 0. The second-order valence-corrected chi connectivity index (χ2v) is 5.84. The molecule has 0 amide bonds. The summed E-state index contributed by atoms with van der Waals surface area (Å²) in [5.74, 6) is 0.483. The van der Waals surface area contributed by atoms with E-state index in [9.17, 15) is 14.5 Å². The van der Waals surface area contributed by atoms with E-state index in [0.29, 0.717) is 17.3 Å². The largest absolute Gasteiger partial charge is 0.280 e. The first-order chi connectivity index (χ1) is 12.6. The number of nitro benzene ring substituents is 1. The first kappa shape index (κ1) is 16.3.